The summed E-state index contributed by atoms with van der Waals surface area (Å²) in [6.07, 6.45) is 0. The zero-order chi connectivity index (χ0) is 18.9. The summed E-state index contributed by atoms with van der Waals surface area (Å²) in [5, 5.41) is 9.82. The Morgan fingerprint density at radius 3 is 2.55 bits per heavy atom. The van der Waals surface area contributed by atoms with Crippen LogP contribution in [-0.4, -0.2) is 7.18 Å². The van der Waals surface area contributed by atoms with Gasteiger partial charge in [-0.2, -0.15) is 0 Å². The Labute approximate surface area is 181 Å². The van der Waals surface area contributed by atoms with Gasteiger partial charge in [0.1, 0.15) is 5.58 Å². The van der Waals surface area contributed by atoms with Crippen molar-refractivity contribution in [3.8, 4) is 0 Å². The van der Waals surface area contributed by atoms with Crippen LogP contribution in [0.2, 0.25) is 0 Å². The molecule has 0 atom stereocenters. The molecule has 29 heavy (non-hydrogen) atoms. The second-order valence-corrected chi connectivity index (χ2v) is 9.47. The van der Waals surface area contributed by atoms with Gasteiger partial charge in [0.15, 0.2) is 0 Å². The van der Waals surface area contributed by atoms with Crippen LogP contribution in [0.5, 0.6) is 0 Å². The van der Waals surface area contributed by atoms with E-state index in [1.54, 1.807) is 11.3 Å². The number of rotatable bonds is 0. The van der Waals surface area contributed by atoms with Gasteiger partial charge in [0.2, 0.25) is 5.71 Å². The molecule has 0 saturated carbocycles. The molecule has 3 nitrogen and oxygen atoms in total. The lowest BCUT2D eigenvalue weighted by Crippen LogP contribution is -1.83. The number of aromatic nitrogens is 2. The van der Waals surface area contributed by atoms with Crippen molar-refractivity contribution in [2.24, 2.45) is 0 Å². The molecule has 0 amide bonds. The molecule has 0 unspecified atom stereocenters. The average molecular weight is 502 g/mol. The van der Waals surface area contributed by atoms with E-state index in [4.69, 9.17) is 4.42 Å². The molecule has 0 aliphatic carbocycles. The Balaban J connectivity index is 1.91. The molecule has 5 heterocycles. The lowest BCUT2D eigenvalue weighted by molar-refractivity contribution is 0.651. The van der Waals surface area contributed by atoms with E-state index in [0.717, 1.165) is 11.3 Å². The smallest absolute Gasteiger partial charge is 0.213 e. The molecule has 0 aliphatic heterocycles. The number of halogens is 1. The first kappa shape index (κ1) is 15.1. The monoisotopic (exact) mass is 502 g/mol. The Morgan fingerprint density at radius 2 is 1.59 bits per heavy atom. The predicted octanol–water partition coefficient (Wildman–Crippen LogP) is 7.95. The highest BCUT2D eigenvalue weighted by Crippen LogP contribution is 2.47. The number of thiophene rings is 1. The van der Waals surface area contributed by atoms with Gasteiger partial charge in [-0.3, -0.25) is 7.18 Å². The number of hydrogen-bond acceptors (Lipinski definition) is 2. The van der Waals surface area contributed by atoms with Crippen LogP contribution in [0, 0.1) is 0 Å². The zero-order valence-electron chi connectivity index (χ0n) is 14.9. The van der Waals surface area contributed by atoms with E-state index in [2.05, 4.69) is 90.0 Å². The van der Waals surface area contributed by atoms with E-state index in [-0.39, 0.29) is 0 Å². The Bertz CT molecular complexity index is 1930. The minimum atomic E-state index is 0.940. The van der Waals surface area contributed by atoms with E-state index in [1.807, 2.05) is 6.07 Å². The maximum atomic E-state index is 6.46. The molecule has 0 fully saturated rings. The third-order valence-electron chi connectivity index (χ3n) is 6.27. The zero-order valence-corrected chi connectivity index (χ0v) is 17.9. The summed E-state index contributed by atoms with van der Waals surface area (Å²) in [6.45, 7) is 0. The third kappa shape index (κ3) is 1.57. The fourth-order valence-corrected chi connectivity index (χ4v) is 6.89. The molecule has 0 aliphatic rings. The van der Waals surface area contributed by atoms with Crippen LogP contribution in [0.3, 0.4) is 0 Å². The maximum Gasteiger partial charge on any atom is 0.213 e. The maximum absolute atomic E-state index is 6.46. The molecule has 0 N–H and O–H groups in total. The highest BCUT2D eigenvalue weighted by Gasteiger charge is 2.24. The first-order valence-electron chi connectivity index (χ1n) is 9.49. The van der Waals surface area contributed by atoms with Crippen molar-refractivity contribution in [3.63, 3.8) is 0 Å². The summed E-state index contributed by atoms with van der Waals surface area (Å²) in [7, 11) is 0. The number of furan rings is 1. The molecular weight excluding hydrogens is 491 g/mol. The largest absolute Gasteiger partial charge is 0.439 e. The van der Waals surface area contributed by atoms with Gasteiger partial charge >= 0.3 is 0 Å². The van der Waals surface area contributed by atoms with Gasteiger partial charge in [0.05, 0.1) is 55.0 Å². The molecule has 0 saturated heterocycles. The van der Waals surface area contributed by atoms with Crippen LogP contribution in [0.15, 0.2) is 70.5 Å². The van der Waals surface area contributed by atoms with Crippen molar-refractivity contribution in [1.82, 2.24) is 7.18 Å². The van der Waals surface area contributed by atoms with Gasteiger partial charge in [-0.25, -0.2) is 0 Å². The number of fused-ring (bicyclic) bond motifs is 8. The summed E-state index contributed by atoms with van der Waals surface area (Å²) in [4.78, 5) is 0. The summed E-state index contributed by atoms with van der Waals surface area (Å²) < 4.78 is 12.4. The van der Waals surface area contributed by atoms with Gasteiger partial charge in [-0.15, -0.1) is 11.3 Å². The summed E-state index contributed by atoms with van der Waals surface area (Å²) >= 11 is 4.24. The Hall–Kier alpha value is -2.77. The number of para-hydroxylation sites is 1. The fourth-order valence-electron chi connectivity index (χ4n) is 5.17. The van der Waals surface area contributed by atoms with Gasteiger partial charge in [0.25, 0.3) is 0 Å². The number of benzene rings is 3. The van der Waals surface area contributed by atoms with Gasteiger partial charge in [-0.05, 0) is 35.7 Å². The van der Waals surface area contributed by atoms with Crippen LogP contribution in [0.4, 0.5) is 0 Å². The Morgan fingerprint density at radius 1 is 0.724 bits per heavy atom. The molecule has 5 heteroatoms. The SMILES string of the molecule is In1c2cccc3c4sccc4n4c5oc6ccccc6c5c5ccc1c(c32)c54. The molecule has 5 aromatic heterocycles. The van der Waals surface area contributed by atoms with Gasteiger partial charge in [-0.1, -0.05) is 30.3 Å². The van der Waals surface area contributed by atoms with E-state index >= 15 is 0 Å². The minimum absolute atomic E-state index is 0.940. The average Bonchev–Trinajstić information content (AvgIpc) is 3.47. The lowest BCUT2D eigenvalue weighted by atomic mass is 10.1. The summed E-state index contributed by atoms with van der Waals surface area (Å²) in [5.41, 5.74) is 6.87. The Kier molecular flexibility index (Phi) is 2.53. The molecular formula is C24H11IN2OS. The van der Waals surface area contributed by atoms with Crippen molar-refractivity contribution in [1.29, 1.82) is 0 Å². The number of nitrogens with zero attached hydrogens (tertiary/aromatic N) is 2. The molecule has 0 radical (unpaired) electrons. The van der Waals surface area contributed by atoms with Gasteiger partial charge in [0, 0.05) is 26.9 Å². The standard InChI is InChI=1S/C24H11IN2OS/c25-27-15-6-3-5-14-20(15)21-16(27)9-8-13-19-12-4-1-2-7-18(12)28-24(19)26(22(13)21)17-10-11-29-23(14)17/h1-11H. The topological polar surface area (TPSA) is 22.5 Å². The second kappa shape index (κ2) is 4.86. The highest BCUT2D eigenvalue weighted by atomic mass is 127. The first-order chi connectivity index (χ1) is 14.3. The van der Waals surface area contributed by atoms with Crippen LogP contribution in [0.1, 0.15) is 0 Å². The van der Waals surface area contributed by atoms with Crippen molar-refractivity contribution >= 4 is 105 Å². The van der Waals surface area contributed by atoms with E-state index < -0.39 is 0 Å². The van der Waals surface area contributed by atoms with Crippen molar-refractivity contribution in [3.05, 3.63) is 66.0 Å². The molecule has 3 aromatic carbocycles. The number of hydrogen-bond donors (Lipinski definition) is 0. The molecule has 136 valence electrons. The third-order valence-corrected chi connectivity index (χ3v) is 8.25. The van der Waals surface area contributed by atoms with E-state index in [0.29, 0.717) is 0 Å². The minimum Gasteiger partial charge on any atom is -0.439 e. The van der Waals surface area contributed by atoms with Gasteiger partial charge < -0.3 is 4.42 Å². The van der Waals surface area contributed by atoms with E-state index in [1.165, 1.54) is 59.1 Å². The normalized spacial score (nSPS) is 13.0. The molecule has 0 bridgehead atoms. The molecule has 8 aromatic rings. The highest BCUT2D eigenvalue weighted by molar-refractivity contribution is 14.1. The van der Waals surface area contributed by atoms with Crippen molar-refractivity contribution in [2.45, 2.75) is 0 Å². The summed E-state index contributed by atoms with van der Waals surface area (Å²) in [5.74, 6) is 0. The summed E-state index contributed by atoms with van der Waals surface area (Å²) in [6, 6.07) is 21.8. The fraction of sp³-hybridized carbons (Fsp3) is 0. The predicted molar refractivity (Wildman–Crippen MR) is 131 cm³/mol. The molecule has 0 spiro atoms. The van der Waals surface area contributed by atoms with Crippen molar-refractivity contribution in [2.75, 3.05) is 0 Å². The molecule has 8 rings (SSSR count). The second-order valence-electron chi connectivity index (χ2n) is 7.59. The quantitative estimate of drug-likeness (QED) is 0.193. The van der Waals surface area contributed by atoms with Crippen LogP contribution in [0.25, 0.3) is 70.4 Å². The van der Waals surface area contributed by atoms with Crippen LogP contribution >= 0.6 is 34.2 Å². The van der Waals surface area contributed by atoms with Crippen LogP contribution in [-0.2, 0) is 0 Å². The first-order valence-corrected chi connectivity index (χ1v) is 11.3. The van der Waals surface area contributed by atoms with Crippen molar-refractivity contribution < 1.29 is 4.42 Å². The lowest BCUT2D eigenvalue weighted by Gasteiger charge is -2.00. The van der Waals surface area contributed by atoms with Crippen LogP contribution < -0.4 is 0 Å². The van der Waals surface area contributed by atoms with E-state index in [9.17, 15) is 0 Å².